The number of hydrogen-bond donors (Lipinski definition) is 3. The van der Waals surface area contributed by atoms with Gasteiger partial charge in [0.1, 0.15) is 0 Å². The Morgan fingerprint density at radius 2 is 1.21 bits per heavy atom. The number of thioether (sulfide) groups is 2. The van der Waals surface area contributed by atoms with Gasteiger partial charge in [-0.25, -0.2) is 0 Å². The molecule has 8 heteroatoms. The molecule has 0 aromatic carbocycles. The molecule has 0 N–H and O–H groups in total. The van der Waals surface area contributed by atoms with E-state index in [9.17, 15) is 0 Å². The molecule has 4 atom stereocenters. The zero-order chi connectivity index (χ0) is 18.2. The summed E-state index contributed by atoms with van der Waals surface area (Å²) < 4.78 is 16.9. The lowest BCUT2D eigenvalue weighted by Crippen LogP contribution is -2.20. The van der Waals surface area contributed by atoms with Crippen LogP contribution in [0.3, 0.4) is 0 Å². The van der Waals surface area contributed by atoms with Crippen LogP contribution in [0.25, 0.3) is 0 Å². The topological polar surface area (TPSA) is 27.7 Å². The average molecular weight is 435 g/mol. The minimum Gasteiger partial charge on any atom is -0.379 e. The van der Waals surface area contributed by atoms with Crippen LogP contribution in [0.1, 0.15) is 20.8 Å². The molecule has 0 saturated carbocycles. The molecule has 24 heavy (non-hydrogen) atoms. The van der Waals surface area contributed by atoms with Crippen LogP contribution in [0, 0.1) is 0 Å². The van der Waals surface area contributed by atoms with Crippen molar-refractivity contribution in [3.63, 3.8) is 0 Å². The second-order valence-electron chi connectivity index (χ2n) is 5.80. The van der Waals surface area contributed by atoms with Gasteiger partial charge in [0.25, 0.3) is 0 Å². The molecular weight excluding hydrogens is 401 g/mol. The van der Waals surface area contributed by atoms with Crippen molar-refractivity contribution in [1.82, 2.24) is 0 Å². The van der Waals surface area contributed by atoms with Gasteiger partial charge in [0.2, 0.25) is 0 Å². The Labute approximate surface area is 173 Å². The second-order valence-corrected chi connectivity index (χ2v) is 11.0. The third kappa shape index (κ3) is 19.9. The zero-order valence-electron chi connectivity index (χ0n) is 15.1. The molecule has 0 aliphatic carbocycles. The van der Waals surface area contributed by atoms with Gasteiger partial charge in [0, 0.05) is 38.3 Å². The van der Waals surface area contributed by atoms with Crippen LogP contribution in [0.4, 0.5) is 0 Å². The molecule has 4 unspecified atom stereocenters. The summed E-state index contributed by atoms with van der Waals surface area (Å²) in [5.41, 5.74) is 0. The molecule has 0 aromatic rings. The maximum Gasteiger partial charge on any atom is 0.0593 e. The lowest BCUT2D eigenvalue weighted by molar-refractivity contribution is 0.141. The molecule has 0 heterocycles. The normalized spacial score (nSPS) is 16.8. The van der Waals surface area contributed by atoms with Crippen LogP contribution in [0.2, 0.25) is 0 Å². The lowest BCUT2D eigenvalue weighted by atomic mass is 10.5. The number of ether oxygens (including phenoxy) is 3. The van der Waals surface area contributed by atoms with E-state index in [1.54, 1.807) is 0 Å². The van der Waals surface area contributed by atoms with Crippen molar-refractivity contribution < 1.29 is 14.2 Å². The molecule has 0 radical (unpaired) electrons. The van der Waals surface area contributed by atoms with Crippen molar-refractivity contribution in [1.29, 1.82) is 0 Å². The third-order valence-corrected chi connectivity index (χ3v) is 5.57. The largest absolute Gasteiger partial charge is 0.379 e. The number of hydrogen-bond acceptors (Lipinski definition) is 8. The monoisotopic (exact) mass is 434 g/mol. The fraction of sp³-hybridized carbons (Fsp3) is 1.00. The van der Waals surface area contributed by atoms with E-state index in [0.29, 0.717) is 35.6 Å². The van der Waals surface area contributed by atoms with Crippen molar-refractivity contribution in [3.05, 3.63) is 0 Å². The fourth-order valence-corrected chi connectivity index (χ4v) is 4.12. The summed E-state index contributed by atoms with van der Waals surface area (Å²) >= 11 is 16.8. The molecule has 0 saturated heterocycles. The van der Waals surface area contributed by atoms with Crippen LogP contribution >= 0.6 is 61.4 Å². The fourth-order valence-electron chi connectivity index (χ4n) is 1.63. The van der Waals surface area contributed by atoms with Crippen LogP contribution in [0.15, 0.2) is 0 Å². The molecule has 0 aromatic heterocycles. The first-order valence-electron chi connectivity index (χ1n) is 8.38. The maximum absolute atomic E-state index is 5.76. The first-order chi connectivity index (χ1) is 11.4. The Balaban J connectivity index is 3.82. The smallest absolute Gasteiger partial charge is 0.0593 e. The summed E-state index contributed by atoms with van der Waals surface area (Å²) in [5.74, 6) is 3.06. The van der Waals surface area contributed by atoms with E-state index in [4.69, 9.17) is 14.2 Å². The number of thiol groups is 3. The molecule has 0 rings (SSSR count). The van der Waals surface area contributed by atoms with Gasteiger partial charge >= 0.3 is 0 Å². The number of rotatable bonds is 17. The molecular formula is C16H34O3S5. The summed E-state index contributed by atoms with van der Waals surface area (Å²) in [4.78, 5) is 0. The van der Waals surface area contributed by atoms with Gasteiger partial charge in [-0.05, 0) is 0 Å². The van der Waals surface area contributed by atoms with Crippen LogP contribution < -0.4 is 0 Å². The highest BCUT2D eigenvalue weighted by atomic mass is 32.2. The van der Waals surface area contributed by atoms with E-state index >= 15 is 0 Å². The van der Waals surface area contributed by atoms with Crippen molar-refractivity contribution >= 4 is 61.4 Å². The van der Waals surface area contributed by atoms with Crippen molar-refractivity contribution in [2.75, 3.05) is 56.9 Å². The Hall–Kier alpha value is 1.63. The van der Waals surface area contributed by atoms with Gasteiger partial charge in [-0.3, -0.25) is 0 Å². The minimum atomic E-state index is 0.278. The summed E-state index contributed by atoms with van der Waals surface area (Å²) in [5, 5.41) is 1.35. The lowest BCUT2D eigenvalue weighted by Gasteiger charge is -2.17. The van der Waals surface area contributed by atoms with E-state index in [2.05, 4.69) is 37.9 Å². The van der Waals surface area contributed by atoms with E-state index < -0.39 is 0 Å². The molecule has 3 nitrogen and oxygen atoms in total. The quantitative estimate of drug-likeness (QED) is 0.239. The summed E-state index contributed by atoms with van der Waals surface area (Å²) in [6, 6.07) is 0. The standard InChI is InChI=1S/C16H34O3S5/c1-13(20)8-17-4-6-23-12-16(11-19-10-15(3)22)24-7-5-18-9-14(2)21/h13-16,20-22H,4-12H2,1-3H3. The maximum atomic E-state index is 5.76. The first kappa shape index (κ1) is 25.6. The van der Waals surface area contributed by atoms with Gasteiger partial charge in [-0.15, -0.1) is 0 Å². The molecule has 0 amide bonds. The average Bonchev–Trinajstić information content (AvgIpc) is 2.48. The predicted octanol–water partition coefficient (Wildman–Crippen LogP) is 3.83. The van der Waals surface area contributed by atoms with Crippen molar-refractivity contribution in [2.24, 2.45) is 0 Å². The van der Waals surface area contributed by atoms with E-state index in [1.165, 1.54) is 0 Å². The molecule has 0 spiro atoms. The first-order valence-corrected chi connectivity index (χ1v) is 12.1. The SMILES string of the molecule is CC(S)COCCSCC(COCC(C)S)SCCOCC(C)S. The van der Waals surface area contributed by atoms with Gasteiger partial charge < -0.3 is 14.2 Å². The van der Waals surface area contributed by atoms with Gasteiger partial charge in [0.15, 0.2) is 0 Å². The van der Waals surface area contributed by atoms with Crippen molar-refractivity contribution in [2.45, 2.75) is 41.8 Å². The highest BCUT2D eigenvalue weighted by Gasteiger charge is 2.11. The van der Waals surface area contributed by atoms with Crippen LogP contribution in [0.5, 0.6) is 0 Å². The van der Waals surface area contributed by atoms with Gasteiger partial charge in [0.05, 0.1) is 39.6 Å². The van der Waals surface area contributed by atoms with Crippen molar-refractivity contribution in [3.8, 4) is 0 Å². The van der Waals surface area contributed by atoms with Gasteiger partial charge in [-0.1, -0.05) is 20.8 Å². The summed E-state index contributed by atoms with van der Waals surface area (Å²) in [6.07, 6.45) is 0. The Morgan fingerprint density at radius 1 is 0.708 bits per heavy atom. The highest BCUT2D eigenvalue weighted by Crippen LogP contribution is 2.18. The Bertz CT molecular complexity index is 268. The minimum absolute atomic E-state index is 0.278. The summed E-state index contributed by atoms with van der Waals surface area (Å²) in [7, 11) is 0. The molecule has 0 aliphatic rings. The Kier molecular flexibility index (Phi) is 19.2. The molecule has 0 fully saturated rings. The molecule has 0 aliphatic heterocycles. The van der Waals surface area contributed by atoms with Gasteiger partial charge in [-0.2, -0.15) is 61.4 Å². The molecule has 146 valence electrons. The van der Waals surface area contributed by atoms with E-state index in [1.807, 2.05) is 44.3 Å². The van der Waals surface area contributed by atoms with Crippen LogP contribution in [-0.4, -0.2) is 77.9 Å². The van der Waals surface area contributed by atoms with E-state index in [0.717, 1.165) is 37.1 Å². The highest BCUT2D eigenvalue weighted by molar-refractivity contribution is 8.03. The summed E-state index contributed by atoms with van der Waals surface area (Å²) in [6.45, 7) is 10.6. The van der Waals surface area contributed by atoms with E-state index in [-0.39, 0.29) is 5.25 Å². The Morgan fingerprint density at radius 3 is 1.75 bits per heavy atom. The third-order valence-electron chi connectivity index (χ3n) is 2.64. The van der Waals surface area contributed by atoms with Crippen LogP contribution in [-0.2, 0) is 14.2 Å². The molecule has 0 bridgehead atoms. The predicted molar refractivity (Wildman–Crippen MR) is 121 cm³/mol. The zero-order valence-corrected chi connectivity index (χ0v) is 19.4. The second kappa shape index (κ2) is 18.0.